The molecule has 0 bridgehead atoms. The Bertz CT molecular complexity index is 1310. The Labute approximate surface area is 208 Å². The highest BCUT2D eigenvalue weighted by atomic mass is 35.5. The van der Waals surface area contributed by atoms with Crippen molar-refractivity contribution in [1.29, 1.82) is 0 Å². The highest BCUT2D eigenvalue weighted by molar-refractivity contribution is 6.35. The number of aryl methyl sites for hydroxylation is 1. The number of hydrogen-bond acceptors (Lipinski definition) is 3. The van der Waals surface area contributed by atoms with Crippen LogP contribution in [0.15, 0.2) is 90.0 Å². The Balaban J connectivity index is 1.62. The van der Waals surface area contributed by atoms with Crippen LogP contribution in [0.25, 0.3) is 5.69 Å². The van der Waals surface area contributed by atoms with Crippen LogP contribution in [0, 0.1) is 13.8 Å². The molecule has 0 radical (unpaired) electrons. The van der Waals surface area contributed by atoms with Gasteiger partial charge in [-0.2, -0.15) is 5.10 Å². The van der Waals surface area contributed by atoms with Crippen molar-refractivity contribution < 1.29 is 9.90 Å². The van der Waals surface area contributed by atoms with Gasteiger partial charge < -0.3 is 9.67 Å². The lowest BCUT2D eigenvalue weighted by atomic mass is 9.85. The van der Waals surface area contributed by atoms with Crippen molar-refractivity contribution in [1.82, 2.24) is 9.99 Å². The molecule has 0 spiro atoms. The Kier molecular flexibility index (Phi) is 6.89. The summed E-state index contributed by atoms with van der Waals surface area (Å²) in [6, 6.07) is 24.9. The molecule has 0 saturated carbocycles. The maximum Gasteiger partial charge on any atom is 0.281 e. The second kappa shape index (κ2) is 9.85. The summed E-state index contributed by atoms with van der Waals surface area (Å²) >= 11 is 12.4. The molecule has 34 heavy (non-hydrogen) atoms. The van der Waals surface area contributed by atoms with Gasteiger partial charge in [-0.05, 0) is 49.2 Å². The monoisotopic (exact) mass is 491 g/mol. The first-order valence-electron chi connectivity index (χ1n) is 10.6. The predicted molar refractivity (Wildman–Crippen MR) is 137 cm³/mol. The molecule has 3 aromatic carbocycles. The van der Waals surface area contributed by atoms with E-state index in [1.54, 1.807) is 66.9 Å². The zero-order chi connectivity index (χ0) is 24.3. The fourth-order valence-electron chi connectivity index (χ4n) is 3.98. The summed E-state index contributed by atoms with van der Waals surface area (Å²) in [5.41, 5.74) is 4.94. The third kappa shape index (κ3) is 4.50. The summed E-state index contributed by atoms with van der Waals surface area (Å²) < 4.78 is 1.99. The standard InChI is InChI=1S/C27H23Cl2N3O2/c1-18-15-20(19(2)32(18)25-14-13-23(28)16-24(25)29)17-30-31-26(33)27(34,21-9-5-3-6-10-21)22-11-7-4-8-12-22/h3-17,34H,1-2H3,(H,31,33)/b30-17+. The maximum atomic E-state index is 13.2. The number of aliphatic hydroxyl groups is 1. The van der Waals surface area contributed by atoms with Crippen LogP contribution < -0.4 is 5.43 Å². The van der Waals surface area contributed by atoms with Gasteiger partial charge in [0.25, 0.3) is 5.91 Å². The molecule has 7 heteroatoms. The van der Waals surface area contributed by atoms with E-state index in [2.05, 4.69) is 10.5 Å². The van der Waals surface area contributed by atoms with Crippen molar-refractivity contribution >= 4 is 35.3 Å². The van der Waals surface area contributed by atoms with Crippen LogP contribution in [0.2, 0.25) is 10.0 Å². The topological polar surface area (TPSA) is 66.6 Å². The zero-order valence-electron chi connectivity index (χ0n) is 18.7. The molecule has 2 N–H and O–H groups in total. The maximum absolute atomic E-state index is 13.2. The molecule has 0 aliphatic rings. The molecule has 0 saturated heterocycles. The van der Waals surface area contributed by atoms with E-state index in [9.17, 15) is 9.90 Å². The summed E-state index contributed by atoms with van der Waals surface area (Å²) in [6.07, 6.45) is 1.55. The fraction of sp³-hybridized carbons (Fsp3) is 0.111. The van der Waals surface area contributed by atoms with E-state index in [4.69, 9.17) is 23.2 Å². The van der Waals surface area contributed by atoms with Gasteiger partial charge in [-0.25, -0.2) is 5.43 Å². The predicted octanol–water partition coefficient (Wildman–Crippen LogP) is 5.79. The molecule has 0 aliphatic carbocycles. The van der Waals surface area contributed by atoms with Gasteiger partial charge in [-0.1, -0.05) is 83.9 Å². The molecule has 0 aliphatic heterocycles. The Morgan fingerprint density at radius 1 is 0.941 bits per heavy atom. The minimum Gasteiger partial charge on any atom is -0.372 e. The van der Waals surface area contributed by atoms with Crippen LogP contribution >= 0.6 is 23.2 Å². The highest BCUT2D eigenvalue weighted by Gasteiger charge is 2.39. The van der Waals surface area contributed by atoms with E-state index in [1.165, 1.54) is 0 Å². The van der Waals surface area contributed by atoms with Crippen molar-refractivity contribution in [3.8, 4) is 5.69 Å². The van der Waals surface area contributed by atoms with Gasteiger partial charge in [0.1, 0.15) is 0 Å². The lowest BCUT2D eigenvalue weighted by Crippen LogP contribution is -2.43. The van der Waals surface area contributed by atoms with Crippen LogP contribution in [0.1, 0.15) is 28.1 Å². The number of carbonyl (C=O) groups is 1. The van der Waals surface area contributed by atoms with E-state index in [0.717, 1.165) is 22.6 Å². The minimum absolute atomic E-state index is 0.449. The van der Waals surface area contributed by atoms with Crippen LogP contribution in [0.5, 0.6) is 0 Å². The first-order chi connectivity index (χ1) is 16.3. The van der Waals surface area contributed by atoms with Crippen molar-refractivity contribution in [2.24, 2.45) is 5.10 Å². The molecule has 4 aromatic rings. The van der Waals surface area contributed by atoms with Crippen molar-refractivity contribution in [3.63, 3.8) is 0 Å². The van der Waals surface area contributed by atoms with Crippen molar-refractivity contribution in [2.45, 2.75) is 19.4 Å². The SMILES string of the molecule is Cc1cc(/C=N/NC(=O)C(O)(c2ccccc2)c2ccccc2)c(C)n1-c1ccc(Cl)cc1Cl. The van der Waals surface area contributed by atoms with E-state index in [-0.39, 0.29) is 0 Å². The van der Waals surface area contributed by atoms with Gasteiger partial charge in [-0.3, -0.25) is 4.79 Å². The number of nitrogens with zero attached hydrogens (tertiary/aromatic N) is 2. The summed E-state index contributed by atoms with van der Waals surface area (Å²) in [5, 5.41) is 16.8. The Morgan fingerprint density at radius 2 is 1.53 bits per heavy atom. The smallest absolute Gasteiger partial charge is 0.281 e. The molecule has 5 nitrogen and oxygen atoms in total. The van der Waals surface area contributed by atoms with Crippen LogP contribution in [0.4, 0.5) is 0 Å². The van der Waals surface area contributed by atoms with Gasteiger partial charge in [0, 0.05) is 22.0 Å². The minimum atomic E-state index is -1.90. The second-order valence-electron chi connectivity index (χ2n) is 7.90. The third-order valence-electron chi connectivity index (χ3n) is 5.70. The lowest BCUT2D eigenvalue weighted by molar-refractivity contribution is -0.136. The summed E-state index contributed by atoms with van der Waals surface area (Å²) in [7, 11) is 0. The van der Waals surface area contributed by atoms with Crippen LogP contribution in [-0.4, -0.2) is 21.8 Å². The Morgan fingerprint density at radius 3 is 2.09 bits per heavy atom. The number of aromatic nitrogens is 1. The first kappa shape index (κ1) is 23.8. The van der Waals surface area contributed by atoms with Gasteiger partial charge in [0.2, 0.25) is 0 Å². The molecular weight excluding hydrogens is 469 g/mol. The number of halogens is 2. The number of amides is 1. The van der Waals surface area contributed by atoms with E-state index < -0.39 is 11.5 Å². The number of carbonyl (C=O) groups excluding carboxylic acids is 1. The summed E-state index contributed by atoms with van der Waals surface area (Å²) in [4.78, 5) is 13.2. The largest absolute Gasteiger partial charge is 0.372 e. The number of rotatable bonds is 6. The van der Waals surface area contributed by atoms with Gasteiger partial charge in [-0.15, -0.1) is 0 Å². The molecule has 0 fully saturated rings. The van der Waals surface area contributed by atoms with Gasteiger partial charge in [0.15, 0.2) is 5.60 Å². The number of benzene rings is 3. The summed E-state index contributed by atoms with van der Waals surface area (Å²) in [5.74, 6) is -0.657. The third-order valence-corrected chi connectivity index (χ3v) is 6.24. The van der Waals surface area contributed by atoms with Crippen LogP contribution in [-0.2, 0) is 10.4 Å². The normalized spacial score (nSPS) is 11.7. The van der Waals surface area contributed by atoms with Gasteiger partial charge >= 0.3 is 0 Å². The van der Waals surface area contributed by atoms with E-state index >= 15 is 0 Å². The lowest BCUT2D eigenvalue weighted by Gasteiger charge is -2.27. The van der Waals surface area contributed by atoms with Crippen molar-refractivity contribution in [3.05, 3.63) is 123 Å². The quantitative estimate of drug-likeness (QED) is 0.265. The van der Waals surface area contributed by atoms with E-state index in [0.29, 0.717) is 21.2 Å². The average Bonchev–Trinajstić information content (AvgIpc) is 3.12. The average molecular weight is 492 g/mol. The van der Waals surface area contributed by atoms with Gasteiger partial charge in [0.05, 0.1) is 16.9 Å². The molecule has 0 atom stereocenters. The number of hydrogen-bond donors (Lipinski definition) is 2. The number of nitrogens with one attached hydrogen (secondary N) is 1. The second-order valence-corrected chi connectivity index (χ2v) is 8.74. The molecule has 172 valence electrons. The molecule has 1 amide bonds. The molecular formula is C27H23Cl2N3O2. The highest BCUT2D eigenvalue weighted by Crippen LogP contribution is 2.30. The fourth-order valence-corrected chi connectivity index (χ4v) is 4.47. The first-order valence-corrected chi connectivity index (χ1v) is 11.4. The summed E-state index contributed by atoms with van der Waals surface area (Å²) in [6.45, 7) is 3.89. The van der Waals surface area contributed by atoms with Crippen molar-refractivity contribution in [2.75, 3.05) is 0 Å². The molecule has 0 unspecified atom stereocenters. The number of hydrazone groups is 1. The zero-order valence-corrected chi connectivity index (χ0v) is 20.2. The Hall–Kier alpha value is -3.38. The van der Waals surface area contributed by atoms with Crippen LogP contribution in [0.3, 0.4) is 0 Å². The van der Waals surface area contributed by atoms with E-state index in [1.807, 2.05) is 42.7 Å². The molecule has 4 rings (SSSR count). The molecule has 1 heterocycles. The molecule has 1 aromatic heterocycles.